The monoisotopic (exact) mass is 471 g/mol. The van der Waals surface area contributed by atoms with Crippen LogP contribution in [0.4, 0.5) is 8.78 Å². The normalized spacial score (nSPS) is 17.9. The Bertz CT molecular complexity index is 1170. The molecular formula is C24H23F2N3O5. The minimum absolute atomic E-state index is 0.148. The molecule has 1 atom stereocenters. The highest BCUT2D eigenvalue weighted by molar-refractivity contribution is 6.05. The summed E-state index contributed by atoms with van der Waals surface area (Å²) in [5.41, 5.74) is 1.08. The van der Waals surface area contributed by atoms with Gasteiger partial charge in [-0.25, -0.2) is 0 Å². The molecule has 0 bridgehead atoms. The standard InChI is InChI=1S/C24H23F2N3O5/c1-2-34-17-5-3-4-16(11-17)24(25,26)23(33)27-12-14-6-7-18-15(10-14)13-29(22(18)32)19-8-9-20(30)28-21(19)31/h3-7,10-11,19H,2,8-9,12-13H2,1H3,(H,27,33)(H,28,30,31). The molecule has 0 radical (unpaired) electrons. The van der Waals surface area contributed by atoms with Crippen molar-refractivity contribution < 1.29 is 32.7 Å². The summed E-state index contributed by atoms with van der Waals surface area (Å²) in [5, 5.41) is 4.49. The van der Waals surface area contributed by atoms with Crippen LogP contribution in [0.2, 0.25) is 0 Å². The van der Waals surface area contributed by atoms with E-state index in [1.54, 1.807) is 25.1 Å². The summed E-state index contributed by atoms with van der Waals surface area (Å²) in [7, 11) is 0. The topological polar surface area (TPSA) is 105 Å². The SMILES string of the molecule is CCOc1cccc(C(F)(F)C(=O)NCc2ccc3c(c2)CN(C2CCC(=O)NC2=O)C3=O)c1. The molecule has 4 amide bonds. The lowest BCUT2D eigenvalue weighted by molar-refractivity contribution is -0.147. The van der Waals surface area contributed by atoms with E-state index in [9.17, 15) is 28.0 Å². The van der Waals surface area contributed by atoms with E-state index >= 15 is 0 Å². The Morgan fingerprint density at radius 2 is 2.00 bits per heavy atom. The molecule has 0 aromatic heterocycles. The number of carbonyl (C=O) groups is 4. The average molecular weight is 471 g/mol. The lowest BCUT2D eigenvalue weighted by Gasteiger charge is -2.29. The number of fused-ring (bicyclic) bond motifs is 1. The first-order valence-corrected chi connectivity index (χ1v) is 10.9. The number of imide groups is 1. The van der Waals surface area contributed by atoms with Gasteiger partial charge in [-0.2, -0.15) is 8.78 Å². The van der Waals surface area contributed by atoms with Crippen molar-refractivity contribution in [3.8, 4) is 5.75 Å². The largest absolute Gasteiger partial charge is 0.494 e. The molecule has 4 rings (SSSR count). The molecule has 2 aliphatic rings. The molecule has 0 aliphatic carbocycles. The smallest absolute Gasteiger partial charge is 0.349 e. The molecule has 10 heteroatoms. The number of rotatable bonds is 7. The highest BCUT2D eigenvalue weighted by Crippen LogP contribution is 2.31. The van der Waals surface area contributed by atoms with Crippen molar-refractivity contribution in [2.45, 2.75) is 44.8 Å². The van der Waals surface area contributed by atoms with E-state index in [1.165, 1.54) is 17.0 Å². The van der Waals surface area contributed by atoms with Gasteiger partial charge in [-0.3, -0.25) is 24.5 Å². The van der Waals surface area contributed by atoms with Crippen molar-refractivity contribution in [2.75, 3.05) is 6.61 Å². The third kappa shape index (κ3) is 4.48. The van der Waals surface area contributed by atoms with Crippen LogP contribution >= 0.6 is 0 Å². The highest BCUT2D eigenvalue weighted by atomic mass is 19.3. The number of alkyl halides is 2. The van der Waals surface area contributed by atoms with Gasteiger partial charge in [0.15, 0.2) is 0 Å². The Morgan fingerprint density at radius 1 is 1.21 bits per heavy atom. The van der Waals surface area contributed by atoms with E-state index < -0.39 is 29.3 Å². The fraction of sp³-hybridized carbons (Fsp3) is 0.333. The Morgan fingerprint density at radius 3 is 2.74 bits per heavy atom. The third-order valence-corrected chi connectivity index (χ3v) is 5.83. The minimum Gasteiger partial charge on any atom is -0.494 e. The molecule has 2 aliphatic heterocycles. The van der Waals surface area contributed by atoms with Crippen molar-refractivity contribution in [1.29, 1.82) is 0 Å². The number of nitrogens with one attached hydrogen (secondary N) is 2. The molecular weight excluding hydrogens is 448 g/mol. The maximum Gasteiger partial charge on any atom is 0.349 e. The van der Waals surface area contributed by atoms with Gasteiger partial charge in [-0.15, -0.1) is 0 Å². The molecule has 34 heavy (non-hydrogen) atoms. The summed E-state index contributed by atoms with van der Waals surface area (Å²) in [6.45, 7) is 2.02. The zero-order valence-electron chi connectivity index (χ0n) is 18.4. The number of ether oxygens (including phenoxy) is 1. The molecule has 1 saturated heterocycles. The van der Waals surface area contributed by atoms with Gasteiger partial charge >= 0.3 is 5.92 Å². The predicted octanol–water partition coefficient (Wildman–Crippen LogP) is 2.25. The molecule has 8 nitrogen and oxygen atoms in total. The summed E-state index contributed by atoms with van der Waals surface area (Å²) in [6, 6.07) is 9.24. The van der Waals surface area contributed by atoms with Crippen LogP contribution in [0.1, 0.15) is 46.8 Å². The van der Waals surface area contributed by atoms with E-state index in [1.807, 2.05) is 0 Å². The summed E-state index contributed by atoms with van der Waals surface area (Å²) < 4.78 is 34.6. The first-order chi connectivity index (χ1) is 16.2. The minimum atomic E-state index is -3.76. The van der Waals surface area contributed by atoms with Gasteiger partial charge in [0, 0.05) is 30.6 Å². The molecule has 178 valence electrons. The molecule has 2 N–H and O–H groups in total. The first kappa shape index (κ1) is 23.3. The second-order valence-corrected chi connectivity index (χ2v) is 8.11. The van der Waals surface area contributed by atoms with Gasteiger partial charge in [0.25, 0.3) is 11.8 Å². The fourth-order valence-corrected chi connectivity index (χ4v) is 4.11. The number of hydrogen-bond donors (Lipinski definition) is 2. The Balaban J connectivity index is 1.42. The van der Waals surface area contributed by atoms with Crippen LogP contribution in [0.15, 0.2) is 42.5 Å². The molecule has 2 aromatic rings. The van der Waals surface area contributed by atoms with Gasteiger partial charge < -0.3 is 15.0 Å². The lowest BCUT2D eigenvalue weighted by Crippen LogP contribution is -2.52. The predicted molar refractivity (Wildman–Crippen MR) is 116 cm³/mol. The van der Waals surface area contributed by atoms with Crippen LogP contribution in [0, 0.1) is 0 Å². The Kier molecular flexibility index (Phi) is 6.32. The van der Waals surface area contributed by atoms with Crippen molar-refractivity contribution in [1.82, 2.24) is 15.5 Å². The number of halogens is 2. The molecule has 0 saturated carbocycles. The molecule has 2 aromatic carbocycles. The van der Waals surface area contributed by atoms with Gasteiger partial charge in [0.1, 0.15) is 11.8 Å². The van der Waals surface area contributed by atoms with Crippen molar-refractivity contribution in [3.63, 3.8) is 0 Å². The van der Waals surface area contributed by atoms with Gasteiger partial charge in [0.2, 0.25) is 11.8 Å². The molecule has 1 fully saturated rings. The fourth-order valence-electron chi connectivity index (χ4n) is 4.11. The number of piperidine rings is 1. The van der Waals surface area contributed by atoms with Gasteiger partial charge in [0.05, 0.1) is 6.61 Å². The number of nitrogens with zero attached hydrogens (tertiary/aromatic N) is 1. The maximum absolute atomic E-state index is 14.7. The van der Waals surface area contributed by atoms with E-state index in [0.29, 0.717) is 23.3 Å². The van der Waals surface area contributed by atoms with Gasteiger partial charge in [-0.1, -0.05) is 24.3 Å². The quantitative estimate of drug-likeness (QED) is 0.603. The average Bonchev–Trinajstić information content (AvgIpc) is 3.13. The van der Waals surface area contributed by atoms with Crippen molar-refractivity contribution in [2.24, 2.45) is 0 Å². The molecule has 2 heterocycles. The second kappa shape index (κ2) is 9.20. The van der Waals surface area contributed by atoms with Crippen molar-refractivity contribution >= 4 is 23.6 Å². The number of carbonyl (C=O) groups excluding carboxylic acids is 4. The second-order valence-electron chi connectivity index (χ2n) is 8.11. The molecule has 1 unspecified atom stereocenters. The molecule has 0 spiro atoms. The van der Waals surface area contributed by atoms with Crippen LogP contribution in [0.5, 0.6) is 5.75 Å². The summed E-state index contributed by atoms with van der Waals surface area (Å²) in [6.07, 6.45) is 0.391. The number of benzene rings is 2. The van der Waals surface area contributed by atoms with Crippen LogP contribution < -0.4 is 15.4 Å². The van der Waals surface area contributed by atoms with Crippen molar-refractivity contribution in [3.05, 3.63) is 64.7 Å². The zero-order valence-corrected chi connectivity index (χ0v) is 18.4. The number of hydrogen-bond acceptors (Lipinski definition) is 5. The van der Waals surface area contributed by atoms with E-state index in [0.717, 1.165) is 12.1 Å². The first-order valence-electron chi connectivity index (χ1n) is 10.9. The maximum atomic E-state index is 14.7. The Labute approximate surface area is 194 Å². The van der Waals surface area contributed by atoms with E-state index in [2.05, 4.69) is 10.6 Å². The zero-order chi connectivity index (χ0) is 24.5. The lowest BCUT2D eigenvalue weighted by atomic mass is 10.0. The van der Waals surface area contributed by atoms with Crippen LogP contribution in [0.3, 0.4) is 0 Å². The number of amides is 4. The summed E-state index contributed by atoms with van der Waals surface area (Å²) in [4.78, 5) is 50.0. The third-order valence-electron chi connectivity index (χ3n) is 5.83. The van der Waals surface area contributed by atoms with Crippen LogP contribution in [0.25, 0.3) is 0 Å². The van der Waals surface area contributed by atoms with Crippen LogP contribution in [-0.2, 0) is 33.4 Å². The highest BCUT2D eigenvalue weighted by Gasteiger charge is 2.41. The van der Waals surface area contributed by atoms with E-state index in [4.69, 9.17) is 4.74 Å². The van der Waals surface area contributed by atoms with E-state index in [-0.39, 0.29) is 43.5 Å². The Hall–Kier alpha value is -3.82. The summed E-state index contributed by atoms with van der Waals surface area (Å²) >= 11 is 0. The summed E-state index contributed by atoms with van der Waals surface area (Å²) in [5.74, 6) is -6.19. The van der Waals surface area contributed by atoms with Gasteiger partial charge in [-0.05, 0) is 42.7 Å². The van der Waals surface area contributed by atoms with Crippen LogP contribution in [-0.4, -0.2) is 41.2 Å².